The zero-order chi connectivity index (χ0) is 14.5. The average Bonchev–Trinajstić information content (AvgIpc) is 2.45. The van der Waals surface area contributed by atoms with E-state index in [-0.39, 0.29) is 24.2 Å². The smallest absolute Gasteiger partial charge is 0.311 e. The van der Waals surface area contributed by atoms with Gasteiger partial charge in [-0.15, -0.1) is 0 Å². The highest BCUT2D eigenvalue weighted by Crippen LogP contribution is 2.23. The van der Waals surface area contributed by atoms with Crippen molar-refractivity contribution in [2.75, 3.05) is 17.7 Å². The molecule has 0 aliphatic carbocycles. The highest BCUT2D eigenvalue weighted by molar-refractivity contribution is 5.57. The molecule has 1 aromatic carbocycles. The van der Waals surface area contributed by atoms with Gasteiger partial charge in [-0.3, -0.25) is 10.1 Å². The number of nitro groups is 1. The molecule has 0 bridgehead atoms. The number of anilines is 2. The number of nitrogens with two attached hydrogens (primary N) is 1. The van der Waals surface area contributed by atoms with E-state index in [1.54, 1.807) is 0 Å². The molecule has 0 radical (unpaired) electrons. The average molecular weight is 274 g/mol. The molecule has 0 aliphatic rings. The molecule has 2 rings (SSSR count). The zero-order valence-electron chi connectivity index (χ0n) is 10.6. The molecular formula is C13H14N4O3. The number of aliphatic hydroxyl groups is 1. The lowest BCUT2D eigenvalue weighted by Gasteiger charge is -2.17. The molecule has 0 saturated carbocycles. The molecule has 1 aromatic heterocycles. The Bertz CT molecular complexity index is 604. The lowest BCUT2D eigenvalue weighted by atomic mass is 10.1. The number of rotatable bonds is 5. The van der Waals surface area contributed by atoms with E-state index < -0.39 is 4.92 Å². The molecule has 0 spiro atoms. The number of pyridine rings is 1. The molecule has 0 amide bonds. The normalized spacial score (nSPS) is 11.8. The summed E-state index contributed by atoms with van der Waals surface area (Å²) in [6.45, 7) is -0.136. The minimum Gasteiger partial charge on any atom is -0.394 e. The van der Waals surface area contributed by atoms with Gasteiger partial charge in [-0.05, 0) is 11.6 Å². The van der Waals surface area contributed by atoms with Gasteiger partial charge in [-0.25, -0.2) is 4.98 Å². The van der Waals surface area contributed by atoms with Crippen LogP contribution >= 0.6 is 0 Å². The number of hydrogen-bond acceptors (Lipinski definition) is 6. The molecule has 0 fully saturated rings. The van der Waals surface area contributed by atoms with Gasteiger partial charge < -0.3 is 16.2 Å². The predicted octanol–water partition coefficient (Wildman–Crippen LogP) is 1.72. The third-order valence-electron chi connectivity index (χ3n) is 2.81. The fourth-order valence-corrected chi connectivity index (χ4v) is 1.80. The van der Waals surface area contributed by atoms with Crippen LogP contribution in [0, 0.1) is 10.1 Å². The molecule has 1 atom stereocenters. The SMILES string of the molecule is Nc1nc(NC(CO)c2ccccc2)ccc1[N+](=O)[O-]. The van der Waals surface area contributed by atoms with E-state index in [9.17, 15) is 15.2 Å². The van der Waals surface area contributed by atoms with Crippen molar-refractivity contribution >= 4 is 17.3 Å². The molecule has 1 unspecified atom stereocenters. The van der Waals surface area contributed by atoms with E-state index in [4.69, 9.17) is 5.73 Å². The summed E-state index contributed by atoms with van der Waals surface area (Å²) in [7, 11) is 0. The van der Waals surface area contributed by atoms with Crippen LogP contribution in [-0.4, -0.2) is 21.6 Å². The second-order valence-corrected chi connectivity index (χ2v) is 4.15. The first-order chi connectivity index (χ1) is 9.61. The molecule has 20 heavy (non-hydrogen) atoms. The van der Waals surface area contributed by atoms with E-state index in [1.165, 1.54) is 12.1 Å². The summed E-state index contributed by atoms with van der Waals surface area (Å²) >= 11 is 0. The molecule has 0 aliphatic heterocycles. The van der Waals surface area contributed by atoms with Crippen molar-refractivity contribution in [1.82, 2.24) is 4.98 Å². The number of nitrogens with zero attached hydrogens (tertiary/aromatic N) is 2. The third-order valence-corrected chi connectivity index (χ3v) is 2.81. The van der Waals surface area contributed by atoms with Crippen molar-refractivity contribution in [2.45, 2.75) is 6.04 Å². The molecule has 7 heteroatoms. The Morgan fingerprint density at radius 2 is 2.00 bits per heavy atom. The summed E-state index contributed by atoms with van der Waals surface area (Å²) in [5, 5.41) is 23.1. The van der Waals surface area contributed by atoms with Crippen LogP contribution in [0.5, 0.6) is 0 Å². The molecule has 104 valence electrons. The molecule has 2 aromatic rings. The van der Waals surface area contributed by atoms with Crippen molar-refractivity contribution in [2.24, 2.45) is 0 Å². The fourth-order valence-electron chi connectivity index (χ4n) is 1.80. The maximum absolute atomic E-state index is 10.7. The lowest BCUT2D eigenvalue weighted by Crippen LogP contribution is -2.16. The molecule has 1 heterocycles. The Labute approximate surface area is 115 Å². The lowest BCUT2D eigenvalue weighted by molar-refractivity contribution is -0.384. The number of aliphatic hydroxyl groups excluding tert-OH is 1. The van der Waals surface area contributed by atoms with E-state index in [0.29, 0.717) is 5.82 Å². The number of benzene rings is 1. The van der Waals surface area contributed by atoms with Crippen molar-refractivity contribution in [3.05, 3.63) is 58.1 Å². The Hall–Kier alpha value is -2.67. The van der Waals surface area contributed by atoms with Crippen molar-refractivity contribution in [1.29, 1.82) is 0 Å². The van der Waals surface area contributed by atoms with Crippen LogP contribution in [0.1, 0.15) is 11.6 Å². The summed E-state index contributed by atoms with van der Waals surface area (Å²) in [4.78, 5) is 14.0. The highest BCUT2D eigenvalue weighted by atomic mass is 16.6. The van der Waals surface area contributed by atoms with Crippen LogP contribution in [0.4, 0.5) is 17.3 Å². The van der Waals surface area contributed by atoms with Gasteiger partial charge in [0, 0.05) is 6.07 Å². The monoisotopic (exact) mass is 274 g/mol. The molecular weight excluding hydrogens is 260 g/mol. The van der Waals surface area contributed by atoms with Crippen molar-refractivity contribution in [3.8, 4) is 0 Å². The molecule has 7 nitrogen and oxygen atoms in total. The standard InChI is InChI=1S/C13H14N4O3/c14-13-11(17(19)20)6-7-12(16-13)15-10(8-18)9-4-2-1-3-5-9/h1-7,10,18H,8H2,(H3,14,15,16). The topological polar surface area (TPSA) is 114 Å². The van der Waals surface area contributed by atoms with Gasteiger partial charge in [0.2, 0.25) is 5.82 Å². The Morgan fingerprint density at radius 1 is 1.30 bits per heavy atom. The maximum Gasteiger partial charge on any atom is 0.311 e. The Morgan fingerprint density at radius 3 is 2.55 bits per heavy atom. The summed E-state index contributed by atoms with van der Waals surface area (Å²) in [6, 6.07) is 11.7. The first kappa shape index (κ1) is 13.8. The summed E-state index contributed by atoms with van der Waals surface area (Å²) in [5.74, 6) is 0.209. The van der Waals surface area contributed by atoms with Crippen LogP contribution in [0.25, 0.3) is 0 Å². The largest absolute Gasteiger partial charge is 0.394 e. The number of hydrogen-bond donors (Lipinski definition) is 3. The van der Waals surface area contributed by atoms with Crippen LogP contribution in [0.2, 0.25) is 0 Å². The van der Waals surface area contributed by atoms with Gasteiger partial charge >= 0.3 is 5.69 Å². The number of nitrogen functional groups attached to an aromatic ring is 1. The maximum atomic E-state index is 10.7. The van der Waals surface area contributed by atoms with E-state index in [2.05, 4.69) is 10.3 Å². The Kier molecular flexibility index (Phi) is 4.11. The molecule has 0 saturated heterocycles. The van der Waals surface area contributed by atoms with Gasteiger partial charge in [0.15, 0.2) is 0 Å². The first-order valence-corrected chi connectivity index (χ1v) is 5.95. The minimum absolute atomic E-state index is 0.136. The van der Waals surface area contributed by atoms with Crippen molar-refractivity contribution in [3.63, 3.8) is 0 Å². The van der Waals surface area contributed by atoms with Gasteiger partial charge in [0.1, 0.15) is 5.82 Å². The third kappa shape index (κ3) is 3.01. The van der Waals surface area contributed by atoms with Crippen LogP contribution in [0.15, 0.2) is 42.5 Å². The minimum atomic E-state index is -0.590. The number of aromatic nitrogens is 1. The van der Waals surface area contributed by atoms with Gasteiger partial charge in [0.05, 0.1) is 17.6 Å². The van der Waals surface area contributed by atoms with Gasteiger partial charge in [-0.2, -0.15) is 0 Å². The van der Waals surface area contributed by atoms with Crippen LogP contribution in [0.3, 0.4) is 0 Å². The summed E-state index contributed by atoms with van der Waals surface area (Å²) < 4.78 is 0. The van der Waals surface area contributed by atoms with Gasteiger partial charge in [0.25, 0.3) is 0 Å². The van der Waals surface area contributed by atoms with Gasteiger partial charge in [-0.1, -0.05) is 30.3 Å². The summed E-state index contributed by atoms with van der Waals surface area (Å²) in [6.07, 6.45) is 0. The molecule has 4 N–H and O–H groups in total. The zero-order valence-corrected chi connectivity index (χ0v) is 10.6. The van der Waals surface area contributed by atoms with E-state index in [0.717, 1.165) is 5.56 Å². The van der Waals surface area contributed by atoms with Crippen molar-refractivity contribution < 1.29 is 10.0 Å². The quantitative estimate of drug-likeness (QED) is 0.565. The highest BCUT2D eigenvalue weighted by Gasteiger charge is 2.15. The second kappa shape index (κ2) is 5.98. The Balaban J connectivity index is 2.20. The summed E-state index contributed by atoms with van der Waals surface area (Å²) in [5.41, 5.74) is 6.17. The predicted molar refractivity (Wildman–Crippen MR) is 75.2 cm³/mol. The van der Waals surface area contributed by atoms with E-state index in [1.807, 2.05) is 30.3 Å². The first-order valence-electron chi connectivity index (χ1n) is 5.95. The van der Waals surface area contributed by atoms with Crippen LogP contribution in [-0.2, 0) is 0 Å². The fraction of sp³-hybridized carbons (Fsp3) is 0.154. The van der Waals surface area contributed by atoms with Crippen LogP contribution < -0.4 is 11.1 Å². The number of nitrogens with one attached hydrogen (secondary N) is 1. The second-order valence-electron chi connectivity index (χ2n) is 4.15. The van der Waals surface area contributed by atoms with E-state index >= 15 is 0 Å².